The van der Waals surface area contributed by atoms with E-state index in [1.807, 2.05) is 0 Å². The standard InChI is InChI=1S/C23H22ClFN4O3S/c1-2-23(25,20-7-8-27-22(29-20)14-33(31,32)19-5-6-19)21(30)10-18-4-3-15(12-28-18)16-9-17(24)13-26-11-16/h3-4,7-9,11-13,19H,2,5-6,10,14H2,1H3. The number of rotatable bonds is 9. The molecule has 3 heterocycles. The van der Waals surface area contributed by atoms with Crippen LogP contribution in [0.25, 0.3) is 11.1 Å². The molecule has 3 aromatic rings. The molecule has 1 aliphatic rings. The highest BCUT2D eigenvalue weighted by Crippen LogP contribution is 2.33. The van der Waals surface area contributed by atoms with Crippen LogP contribution in [0.4, 0.5) is 4.39 Å². The van der Waals surface area contributed by atoms with Gasteiger partial charge < -0.3 is 0 Å². The van der Waals surface area contributed by atoms with E-state index < -0.39 is 21.3 Å². The fourth-order valence-electron chi connectivity index (χ4n) is 3.51. The molecule has 1 atom stereocenters. The molecule has 4 rings (SSSR count). The van der Waals surface area contributed by atoms with Crippen molar-refractivity contribution in [2.45, 2.75) is 49.3 Å². The summed E-state index contributed by atoms with van der Waals surface area (Å²) in [6.07, 6.45) is 6.91. The number of nitrogens with zero attached hydrogens (tertiary/aromatic N) is 4. The topological polar surface area (TPSA) is 103 Å². The Balaban J connectivity index is 1.52. The normalized spacial score (nSPS) is 15.7. The summed E-state index contributed by atoms with van der Waals surface area (Å²) in [5.41, 5.74) is -0.568. The summed E-state index contributed by atoms with van der Waals surface area (Å²) in [5.74, 6) is -1.06. The van der Waals surface area contributed by atoms with Crippen LogP contribution in [0.15, 0.2) is 49.1 Å². The van der Waals surface area contributed by atoms with E-state index in [2.05, 4.69) is 19.9 Å². The Morgan fingerprint density at radius 1 is 1.15 bits per heavy atom. The maximum Gasteiger partial charge on any atom is 0.210 e. The van der Waals surface area contributed by atoms with Crippen LogP contribution < -0.4 is 0 Å². The Bertz CT molecular complexity index is 1280. The lowest BCUT2D eigenvalue weighted by molar-refractivity contribution is -0.131. The van der Waals surface area contributed by atoms with Crippen molar-refractivity contribution in [2.75, 3.05) is 0 Å². The molecule has 3 aromatic heterocycles. The summed E-state index contributed by atoms with van der Waals surface area (Å²) in [7, 11) is -3.36. The molecule has 172 valence electrons. The molecule has 0 aliphatic heterocycles. The number of aromatic nitrogens is 4. The summed E-state index contributed by atoms with van der Waals surface area (Å²) >= 11 is 5.97. The van der Waals surface area contributed by atoms with Gasteiger partial charge in [-0.25, -0.2) is 22.8 Å². The fourth-order valence-corrected chi connectivity index (χ4v) is 5.27. The predicted octanol–water partition coefficient (Wildman–Crippen LogP) is 4.05. The van der Waals surface area contributed by atoms with Gasteiger partial charge in [0.15, 0.2) is 15.6 Å². The van der Waals surface area contributed by atoms with Crippen LogP contribution in [-0.2, 0) is 32.5 Å². The van der Waals surface area contributed by atoms with Crippen molar-refractivity contribution in [1.29, 1.82) is 0 Å². The second-order valence-electron chi connectivity index (χ2n) is 8.05. The molecule has 10 heteroatoms. The summed E-state index contributed by atoms with van der Waals surface area (Å²) in [5, 5.41) is 0.121. The predicted molar refractivity (Wildman–Crippen MR) is 122 cm³/mol. The minimum absolute atomic E-state index is 0.000263. The molecule has 1 saturated carbocycles. The minimum Gasteiger partial charge on any atom is -0.295 e. The van der Waals surface area contributed by atoms with Gasteiger partial charge in [0, 0.05) is 41.6 Å². The maximum atomic E-state index is 15.9. The van der Waals surface area contributed by atoms with Crippen LogP contribution in [0.5, 0.6) is 0 Å². The lowest BCUT2D eigenvalue weighted by Crippen LogP contribution is -2.33. The van der Waals surface area contributed by atoms with Crippen molar-refractivity contribution < 1.29 is 17.6 Å². The summed E-state index contributed by atoms with van der Waals surface area (Å²) < 4.78 is 40.4. The fraction of sp³-hybridized carbons (Fsp3) is 0.348. The van der Waals surface area contributed by atoms with E-state index in [0.29, 0.717) is 23.6 Å². The van der Waals surface area contributed by atoms with Gasteiger partial charge in [-0.3, -0.25) is 14.8 Å². The zero-order chi connectivity index (χ0) is 23.6. The van der Waals surface area contributed by atoms with E-state index in [1.165, 1.54) is 18.5 Å². The molecule has 0 radical (unpaired) electrons. The van der Waals surface area contributed by atoms with Gasteiger partial charge in [0.1, 0.15) is 11.6 Å². The second kappa shape index (κ2) is 9.23. The minimum atomic E-state index is -3.36. The second-order valence-corrected chi connectivity index (χ2v) is 10.8. The van der Waals surface area contributed by atoms with Crippen molar-refractivity contribution in [3.05, 3.63) is 71.3 Å². The van der Waals surface area contributed by atoms with Crippen LogP contribution in [0.3, 0.4) is 0 Å². The third-order valence-corrected chi connectivity index (χ3v) is 7.96. The molecule has 1 aliphatic carbocycles. The first-order chi connectivity index (χ1) is 15.7. The smallest absolute Gasteiger partial charge is 0.210 e. The summed E-state index contributed by atoms with van der Waals surface area (Å²) in [4.78, 5) is 29.4. The summed E-state index contributed by atoms with van der Waals surface area (Å²) in [6.45, 7) is 1.54. The average Bonchev–Trinajstić information content (AvgIpc) is 3.65. The molecule has 0 bridgehead atoms. The quantitative estimate of drug-likeness (QED) is 0.447. The zero-order valence-electron chi connectivity index (χ0n) is 17.9. The van der Waals surface area contributed by atoms with Crippen LogP contribution >= 0.6 is 11.6 Å². The van der Waals surface area contributed by atoms with E-state index >= 15 is 4.39 Å². The number of alkyl halides is 1. The first-order valence-corrected chi connectivity index (χ1v) is 12.6. The molecule has 0 aromatic carbocycles. The van der Waals surface area contributed by atoms with Gasteiger partial charge in [0.25, 0.3) is 0 Å². The molecular formula is C23H22ClFN4O3S. The lowest BCUT2D eigenvalue weighted by atomic mass is 9.90. The average molecular weight is 489 g/mol. The number of sulfone groups is 1. The van der Waals surface area contributed by atoms with Gasteiger partial charge in [-0.15, -0.1) is 0 Å². The van der Waals surface area contributed by atoms with Gasteiger partial charge >= 0.3 is 0 Å². The van der Waals surface area contributed by atoms with Gasteiger partial charge in [-0.2, -0.15) is 0 Å². The molecule has 0 amide bonds. The summed E-state index contributed by atoms with van der Waals surface area (Å²) in [6, 6.07) is 6.48. The van der Waals surface area contributed by atoms with E-state index in [9.17, 15) is 13.2 Å². The monoisotopic (exact) mass is 488 g/mol. The van der Waals surface area contributed by atoms with Gasteiger partial charge in [-0.05, 0) is 37.5 Å². The largest absolute Gasteiger partial charge is 0.295 e. The number of ketones is 1. The first-order valence-electron chi connectivity index (χ1n) is 10.5. The highest BCUT2D eigenvalue weighted by Gasteiger charge is 2.41. The molecule has 7 nitrogen and oxygen atoms in total. The number of hydrogen-bond donors (Lipinski definition) is 0. The lowest BCUT2D eigenvalue weighted by Gasteiger charge is -2.22. The number of carbonyl (C=O) groups is 1. The third kappa shape index (κ3) is 5.25. The molecule has 1 unspecified atom stereocenters. The van der Waals surface area contributed by atoms with Crippen LogP contribution in [0, 0.1) is 0 Å². The van der Waals surface area contributed by atoms with Crippen LogP contribution in [0.2, 0.25) is 5.02 Å². The Labute approximate surface area is 196 Å². The van der Waals surface area contributed by atoms with Crippen molar-refractivity contribution >= 4 is 27.2 Å². The number of pyridine rings is 2. The van der Waals surface area contributed by atoms with Crippen molar-refractivity contribution in [2.24, 2.45) is 0 Å². The molecule has 33 heavy (non-hydrogen) atoms. The van der Waals surface area contributed by atoms with Gasteiger partial charge in [-0.1, -0.05) is 24.6 Å². The molecular weight excluding hydrogens is 467 g/mol. The van der Waals surface area contributed by atoms with Crippen molar-refractivity contribution in [3.63, 3.8) is 0 Å². The van der Waals surface area contributed by atoms with Gasteiger partial charge in [0.2, 0.25) is 5.67 Å². The third-order valence-electron chi connectivity index (χ3n) is 5.61. The Hall–Kier alpha value is -2.78. The van der Waals surface area contributed by atoms with E-state index in [0.717, 1.165) is 11.1 Å². The molecule has 1 fully saturated rings. The number of Topliss-reactive ketones (excluding diaryl/α,β-unsaturated/α-hetero) is 1. The highest BCUT2D eigenvalue weighted by atomic mass is 35.5. The highest BCUT2D eigenvalue weighted by molar-refractivity contribution is 7.91. The molecule has 0 N–H and O–H groups in total. The van der Waals surface area contributed by atoms with Crippen molar-refractivity contribution in [3.8, 4) is 11.1 Å². The Morgan fingerprint density at radius 3 is 2.58 bits per heavy atom. The Kier molecular flexibility index (Phi) is 6.54. The SMILES string of the molecule is CCC(F)(C(=O)Cc1ccc(-c2cncc(Cl)c2)cn1)c1ccnc(CS(=O)(=O)C2CC2)n1. The van der Waals surface area contributed by atoms with Crippen LogP contribution in [-0.4, -0.2) is 39.4 Å². The maximum absolute atomic E-state index is 15.9. The van der Waals surface area contributed by atoms with Crippen LogP contribution in [0.1, 0.15) is 43.4 Å². The van der Waals surface area contributed by atoms with Crippen molar-refractivity contribution in [1.82, 2.24) is 19.9 Å². The van der Waals surface area contributed by atoms with E-state index in [-0.39, 0.29) is 35.4 Å². The molecule has 0 spiro atoms. The van der Waals surface area contributed by atoms with E-state index in [4.69, 9.17) is 11.6 Å². The number of carbonyl (C=O) groups excluding carboxylic acids is 1. The van der Waals surface area contributed by atoms with E-state index in [1.54, 1.807) is 37.5 Å². The first kappa shape index (κ1) is 23.4. The number of hydrogen-bond acceptors (Lipinski definition) is 7. The Morgan fingerprint density at radius 2 is 1.94 bits per heavy atom. The number of halogens is 2. The van der Waals surface area contributed by atoms with Gasteiger partial charge in [0.05, 0.1) is 22.4 Å². The zero-order valence-corrected chi connectivity index (χ0v) is 19.5. The molecule has 0 saturated heterocycles.